The zero-order chi connectivity index (χ0) is 11.8. The van der Waals surface area contributed by atoms with Crippen LogP contribution in [0.15, 0.2) is 23.8 Å². The van der Waals surface area contributed by atoms with Gasteiger partial charge in [-0.05, 0) is 31.3 Å². The van der Waals surface area contributed by atoms with Gasteiger partial charge in [-0.2, -0.15) is 0 Å². The van der Waals surface area contributed by atoms with Crippen LogP contribution in [-0.2, 0) is 4.74 Å². The smallest absolute Gasteiger partial charge is 0.0727 e. The van der Waals surface area contributed by atoms with Gasteiger partial charge in [0.1, 0.15) is 0 Å². The Balaban J connectivity index is 2.32. The Morgan fingerprint density at radius 2 is 2.25 bits per heavy atom. The summed E-state index contributed by atoms with van der Waals surface area (Å²) in [6.45, 7) is 5.07. The van der Waals surface area contributed by atoms with E-state index in [2.05, 4.69) is 32.1 Å². The Bertz CT molecular complexity index is 245. The molecule has 0 aromatic carbocycles. The lowest BCUT2D eigenvalue weighted by molar-refractivity contribution is 0.0444. The molecular weight excluding hydrogens is 198 g/mol. The Kier molecular flexibility index (Phi) is 6.43. The molecule has 16 heavy (non-hydrogen) atoms. The van der Waals surface area contributed by atoms with Gasteiger partial charge in [0.05, 0.1) is 12.7 Å². The minimum absolute atomic E-state index is 0.190. The molecule has 0 aromatic heterocycles. The fourth-order valence-electron chi connectivity index (χ4n) is 2.05. The van der Waals surface area contributed by atoms with E-state index in [4.69, 9.17) is 10.5 Å². The molecule has 1 aliphatic rings. The van der Waals surface area contributed by atoms with Gasteiger partial charge in [-0.3, -0.25) is 0 Å². The Hall–Kier alpha value is -0.600. The van der Waals surface area contributed by atoms with Gasteiger partial charge in [0.25, 0.3) is 0 Å². The van der Waals surface area contributed by atoms with Crippen LogP contribution in [-0.4, -0.2) is 18.8 Å². The maximum absolute atomic E-state index is 6.10. The van der Waals surface area contributed by atoms with E-state index in [1.165, 1.54) is 5.57 Å². The molecule has 0 saturated heterocycles. The van der Waals surface area contributed by atoms with Crippen molar-refractivity contribution in [1.29, 1.82) is 0 Å². The first-order valence-electron chi connectivity index (χ1n) is 6.49. The number of hydrogen-bond donors (Lipinski definition) is 1. The number of nitrogens with two attached hydrogens (primary N) is 1. The van der Waals surface area contributed by atoms with Crippen LogP contribution in [0.4, 0.5) is 0 Å². The lowest BCUT2D eigenvalue weighted by Gasteiger charge is -2.23. The molecule has 0 saturated carbocycles. The quantitative estimate of drug-likeness (QED) is 0.719. The Labute approximate surface area is 99.6 Å². The van der Waals surface area contributed by atoms with E-state index >= 15 is 0 Å². The summed E-state index contributed by atoms with van der Waals surface area (Å²) in [6, 6.07) is 0.190. The number of rotatable bonds is 7. The number of ether oxygens (including phenoxy) is 1. The van der Waals surface area contributed by atoms with E-state index < -0.39 is 0 Å². The molecule has 0 bridgehead atoms. The van der Waals surface area contributed by atoms with Crippen LogP contribution in [0.5, 0.6) is 0 Å². The molecule has 1 aliphatic carbocycles. The molecule has 0 radical (unpaired) electrons. The van der Waals surface area contributed by atoms with Crippen LogP contribution in [0.3, 0.4) is 0 Å². The first kappa shape index (κ1) is 13.5. The van der Waals surface area contributed by atoms with Crippen LogP contribution < -0.4 is 5.73 Å². The molecule has 0 spiro atoms. The molecular formula is C14H25NO. The van der Waals surface area contributed by atoms with E-state index in [1.807, 2.05) is 0 Å². The monoisotopic (exact) mass is 223 g/mol. The van der Waals surface area contributed by atoms with Crippen LogP contribution in [0.2, 0.25) is 0 Å². The van der Waals surface area contributed by atoms with Crippen molar-refractivity contribution in [3.63, 3.8) is 0 Å². The van der Waals surface area contributed by atoms with E-state index in [0.717, 1.165) is 38.7 Å². The third kappa shape index (κ3) is 4.50. The molecule has 0 aromatic rings. The molecule has 2 unspecified atom stereocenters. The largest absolute Gasteiger partial charge is 0.372 e. The average molecular weight is 223 g/mol. The number of hydrogen-bond acceptors (Lipinski definition) is 2. The van der Waals surface area contributed by atoms with Crippen molar-refractivity contribution in [3.05, 3.63) is 23.8 Å². The second-order valence-corrected chi connectivity index (χ2v) is 4.50. The molecule has 0 fully saturated rings. The van der Waals surface area contributed by atoms with Crippen LogP contribution in [0.25, 0.3) is 0 Å². The third-order valence-corrected chi connectivity index (χ3v) is 3.08. The minimum Gasteiger partial charge on any atom is -0.372 e. The summed E-state index contributed by atoms with van der Waals surface area (Å²) >= 11 is 0. The lowest BCUT2D eigenvalue weighted by atomic mass is 10.0. The second-order valence-electron chi connectivity index (χ2n) is 4.50. The fraction of sp³-hybridized carbons (Fsp3) is 0.714. The molecule has 0 amide bonds. The van der Waals surface area contributed by atoms with Gasteiger partial charge in [-0.1, -0.05) is 38.5 Å². The fourth-order valence-corrected chi connectivity index (χ4v) is 2.05. The highest BCUT2D eigenvalue weighted by atomic mass is 16.5. The second kappa shape index (κ2) is 7.64. The highest BCUT2D eigenvalue weighted by Crippen LogP contribution is 2.15. The summed E-state index contributed by atoms with van der Waals surface area (Å²) in [7, 11) is 0. The van der Waals surface area contributed by atoms with Gasteiger partial charge in [0, 0.05) is 6.04 Å². The van der Waals surface area contributed by atoms with E-state index in [9.17, 15) is 0 Å². The number of allylic oxidation sites excluding steroid dienone is 3. The molecule has 0 aliphatic heterocycles. The summed E-state index contributed by atoms with van der Waals surface area (Å²) in [6.07, 6.45) is 12.2. The average Bonchev–Trinajstić information content (AvgIpc) is 2.31. The summed E-state index contributed by atoms with van der Waals surface area (Å²) in [5, 5.41) is 0. The SMILES string of the molecule is CCCC(N)C(CC)OCC1=CC=CCC1. The van der Waals surface area contributed by atoms with Crippen LogP contribution >= 0.6 is 0 Å². The van der Waals surface area contributed by atoms with Crippen molar-refractivity contribution in [3.8, 4) is 0 Å². The van der Waals surface area contributed by atoms with E-state index in [1.54, 1.807) is 0 Å². The summed E-state index contributed by atoms with van der Waals surface area (Å²) in [5.74, 6) is 0. The first-order chi connectivity index (χ1) is 7.77. The normalized spacial score (nSPS) is 19.3. The standard InChI is InChI=1S/C14H25NO/c1-3-8-13(15)14(4-2)16-11-12-9-6-5-7-10-12/h5-6,9,13-14H,3-4,7-8,10-11,15H2,1-2H3. The van der Waals surface area contributed by atoms with Gasteiger partial charge < -0.3 is 10.5 Å². The van der Waals surface area contributed by atoms with Crippen molar-refractivity contribution >= 4 is 0 Å². The molecule has 2 nitrogen and oxygen atoms in total. The third-order valence-electron chi connectivity index (χ3n) is 3.08. The maximum Gasteiger partial charge on any atom is 0.0727 e. The van der Waals surface area contributed by atoms with Crippen molar-refractivity contribution < 1.29 is 4.74 Å². The van der Waals surface area contributed by atoms with Gasteiger partial charge in [0.2, 0.25) is 0 Å². The van der Waals surface area contributed by atoms with Crippen molar-refractivity contribution in [2.24, 2.45) is 5.73 Å². The molecule has 0 heterocycles. The zero-order valence-corrected chi connectivity index (χ0v) is 10.6. The van der Waals surface area contributed by atoms with E-state index in [-0.39, 0.29) is 12.1 Å². The highest BCUT2D eigenvalue weighted by Gasteiger charge is 2.16. The van der Waals surface area contributed by atoms with Gasteiger partial charge in [-0.25, -0.2) is 0 Å². The molecule has 2 atom stereocenters. The highest BCUT2D eigenvalue weighted by molar-refractivity contribution is 5.17. The predicted octanol–water partition coefficient (Wildman–Crippen LogP) is 3.19. The van der Waals surface area contributed by atoms with E-state index in [0.29, 0.717) is 0 Å². The molecule has 2 N–H and O–H groups in total. The van der Waals surface area contributed by atoms with Crippen molar-refractivity contribution in [2.75, 3.05) is 6.61 Å². The molecule has 1 rings (SSSR count). The summed E-state index contributed by atoms with van der Waals surface area (Å²) in [5.41, 5.74) is 7.49. The van der Waals surface area contributed by atoms with Gasteiger partial charge >= 0.3 is 0 Å². The van der Waals surface area contributed by atoms with Crippen molar-refractivity contribution in [2.45, 2.75) is 58.1 Å². The Morgan fingerprint density at radius 1 is 1.44 bits per heavy atom. The predicted molar refractivity (Wildman–Crippen MR) is 69.4 cm³/mol. The van der Waals surface area contributed by atoms with Gasteiger partial charge in [-0.15, -0.1) is 0 Å². The zero-order valence-electron chi connectivity index (χ0n) is 10.6. The molecule has 92 valence electrons. The Morgan fingerprint density at radius 3 is 2.81 bits per heavy atom. The van der Waals surface area contributed by atoms with Crippen molar-refractivity contribution in [1.82, 2.24) is 0 Å². The molecule has 2 heteroatoms. The topological polar surface area (TPSA) is 35.2 Å². The van der Waals surface area contributed by atoms with Crippen LogP contribution in [0.1, 0.15) is 46.0 Å². The van der Waals surface area contributed by atoms with Gasteiger partial charge in [0.15, 0.2) is 0 Å². The lowest BCUT2D eigenvalue weighted by Crippen LogP contribution is -2.36. The summed E-state index contributed by atoms with van der Waals surface area (Å²) in [4.78, 5) is 0. The van der Waals surface area contributed by atoms with Crippen LogP contribution in [0, 0.1) is 0 Å². The summed E-state index contributed by atoms with van der Waals surface area (Å²) < 4.78 is 5.92. The minimum atomic E-state index is 0.190. The maximum atomic E-state index is 6.10. The first-order valence-corrected chi connectivity index (χ1v) is 6.49.